The van der Waals surface area contributed by atoms with Crippen LogP contribution in [0.1, 0.15) is 32.3 Å². The summed E-state index contributed by atoms with van der Waals surface area (Å²) in [5, 5.41) is 0. The van der Waals surface area contributed by atoms with Gasteiger partial charge >= 0.3 is 6.18 Å². The molecule has 2 aromatic carbocycles. The fourth-order valence-corrected chi connectivity index (χ4v) is 4.74. The van der Waals surface area contributed by atoms with E-state index in [0.29, 0.717) is 18.0 Å². The van der Waals surface area contributed by atoms with E-state index in [2.05, 4.69) is 0 Å². The summed E-state index contributed by atoms with van der Waals surface area (Å²) in [5.74, 6) is -5.80. The average molecular weight is 524 g/mol. The molecule has 0 saturated carbocycles. The second kappa shape index (κ2) is 10.7. The maximum absolute atomic E-state index is 15.3. The summed E-state index contributed by atoms with van der Waals surface area (Å²) in [6, 6.07) is 6.75. The van der Waals surface area contributed by atoms with Crippen molar-refractivity contribution in [3.05, 3.63) is 47.8 Å². The molecule has 0 aromatic heterocycles. The van der Waals surface area contributed by atoms with Crippen LogP contribution in [0.15, 0.2) is 41.3 Å². The molecule has 0 amide bonds. The second-order valence-corrected chi connectivity index (χ2v) is 9.79. The Morgan fingerprint density at radius 2 is 1.83 bits per heavy atom. The number of benzene rings is 2. The zero-order chi connectivity index (χ0) is 26.0. The molecule has 11 heteroatoms. The van der Waals surface area contributed by atoms with E-state index in [1.54, 1.807) is 0 Å². The zero-order valence-corrected chi connectivity index (χ0v) is 19.7. The van der Waals surface area contributed by atoms with Gasteiger partial charge in [0, 0.05) is 35.4 Å². The van der Waals surface area contributed by atoms with Crippen LogP contribution in [0.4, 0.5) is 42.1 Å². The molecule has 0 fully saturated rings. The number of ether oxygens (including phenoxy) is 1. The zero-order valence-electron chi connectivity index (χ0n) is 18.9. The lowest BCUT2D eigenvalue weighted by atomic mass is 10.00. The maximum atomic E-state index is 15.3. The van der Waals surface area contributed by atoms with Gasteiger partial charge in [0.1, 0.15) is 17.9 Å². The third-order valence-corrected chi connectivity index (χ3v) is 6.70. The summed E-state index contributed by atoms with van der Waals surface area (Å²) in [6.45, 7) is 1.68. The number of halogens is 7. The van der Waals surface area contributed by atoms with Gasteiger partial charge < -0.3 is 14.4 Å². The van der Waals surface area contributed by atoms with Gasteiger partial charge in [-0.15, -0.1) is 0 Å². The van der Waals surface area contributed by atoms with Crippen LogP contribution in [-0.4, -0.2) is 30.9 Å². The van der Waals surface area contributed by atoms with Gasteiger partial charge in [0.05, 0.1) is 17.9 Å². The van der Waals surface area contributed by atoms with Crippen LogP contribution in [0.5, 0.6) is 5.75 Å². The Bertz CT molecular complexity index is 1020. The van der Waals surface area contributed by atoms with Crippen molar-refractivity contribution in [1.82, 2.24) is 0 Å². The first kappa shape index (κ1) is 27.2. The topological polar surface area (TPSA) is 29.5 Å². The molecule has 0 spiro atoms. The monoisotopic (exact) mass is 523 g/mol. The third kappa shape index (κ3) is 7.05. The van der Waals surface area contributed by atoms with Crippen molar-refractivity contribution in [1.29, 1.82) is 0 Å². The molecule has 1 aliphatic rings. The first-order chi connectivity index (χ1) is 16.3. The van der Waals surface area contributed by atoms with Crippen molar-refractivity contribution in [2.24, 2.45) is 11.8 Å². The summed E-state index contributed by atoms with van der Waals surface area (Å²) in [7, 11) is 0. The van der Waals surface area contributed by atoms with Crippen LogP contribution < -0.4 is 9.64 Å². The molecule has 3 nitrogen and oxygen atoms in total. The van der Waals surface area contributed by atoms with E-state index in [-0.39, 0.29) is 35.8 Å². The lowest BCUT2D eigenvalue weighted by Crippen LogP contribution is -2.29. The number of rotatable bonds is 8. The predicted octanol–water partition coefficient (Wildman–Crippen LogP) is 7.65. The number of carbonyl (C=O) groups is 1. The molecule has 0 aliphatic carbocycles. The van der Waals surface area contributed by atoms with Crippen molar-refractivity contribution in [2.45, 2.75) is 49.2 Å². The Kier molecular flexibility index (Phi) is 8.28. The summed E-state index contributed by atoms with van der Waals surface area (Å²) in [5.41, 5.74) is -2.54. The summed E-state index contributed by atoms with van der Waals surface area (Å²) in [4.78, 5) is 12.4. The Hall–Kier alpha value is -2.43. The number of alkyl halides is 6. The lowest BCUT2D eigenvalue weighted by Gasteiger charge is -2.29. The van der Waals surface area contributed by atoms with E-state index in [0.717, 1.165) is 31.2 Å². The second-order valence-electron chi connectivity index (χ2n) is 8.66. The number of nitrogens with zero attached hydrogens (tertiary/aromatic N) is 1. The van der Waals surface area contributed by atoms with Gasteiger partial charge in [0.25, 0.3) is 0 Å². The first-order valence-corrected chi connectivity index (χ1v) is 11.7. The van der Waals surface area contributed by atoms with Gasteiger partial charge in [0.15, 0.2) is 5.50 Å². The molecular formula is C24H24F7NO2S. The van der Waals surface area contributed by atoms with E-state index in [1.807, 2.05) is 0 Å². The number of fused-ring (bicyclic) bond motifs is 1. The molecule has 1 aliphatic heterocycles. The summed E-state index contributed by atoms with van der Waals surface area (Å²) in [6.07, 6.45) is -5.11. The molecule has 35 heavy (non-hydrogen) atoms. The van der Waals surface area contributed by atoms with Gasteiger partial charge in [-0.2, -0.15) is 13.2 Å². The van der Waals surface area contributed by atoms with E-state index in [4.69, 9.17) is 4.74 Å². The summed E-state index contributed by atoms with van der Waals surface area (Å²) >= 11 is 0.622. The van der Waals surface area contributed by atoms with E-state index in [1.165, 1.54) is 24.0 Å². The largest absolute Gasteiger partial charge is 0.492 e. The summed E-state index contributed by atoms with van der Waals surface area (Å²) < 4.78 is 103. The minimum Gasteiger partial charge on any atom is -0.492 e. The van der Waals surface area contributed by atoms with Crippen molar-refractivity contribution in [2.75, 3.05) is 18.1 Å². The molecular weight excluding hydrogens is 499 g/mol. The molecule has 3 rings (SSSR count). The SMILES string of the molecule is CC(C=O)COc1cc2c(cc1C(F)(F)F)N(c1ccc(F)cc1)CC(CCC(C)(F)F)C(F)S2. The highest BCUT2D eigenvalue weighted by atomic mass is 32.2. The van der Waals surface area contributed by atoms with Crippen molar-refractivity contribution in [3.8, 4) is 5.75 Å². The number of hydrogen-bond acceptors (Lipinski definition) is 4. The number of carbonyl (C=O) groups excluding carboxylic acids is 1. The highest BCUT2D eigenvalue weighted by Crippen LogP contribution is 2.49. The third-order valence-electron chi connectivity index (χ3n) is 5.51. The normalized spacial score (nSPS) is 19.6. The molecule has 0 bridgehead atoms. The van der Waals surface area contributed by atoms with Crippen LogP contribution in [0, 0.1) is 17.7 Å². The number of hydrogen-bond donors (Lipinski definition) is 0. The average Bonchev–Trinajstić information content (AvgIpc) is 2.90. The van der Waals surface area contributed by atoms with Gasteiger partial charge in [-0.25, -0.2) is 17.6 Å². The van der Waals surface area contributed by atoms with Gasteiger partial charge in [-0.3, -0.25) is 0 Å². The van der Waals surface area contributed by atoms with E-state index >= 15 is 4.39 Å². The molecule has 1 heterocycles. The fourth-order valence-electron chi connectivity index (χ4n) is 3.62. The Balaban J connectivity index is 2.11. The fraction of sp³-hybridized carbons (Fsp3) is 0.458. The van der Waals surface area contributed by atoms with Crippen LogP contribution in [-0.2, 0) is 11.0 Å². The van der Waals surface area contributed by atoms with Crippen LogP contribution in [0.25, 0.3) is 0 Å². The van der Waals surface area contributed by atoms with E-state index < -0.39 is 53.0 Å². The molecule has 2 aromatic rings. The van der Waals surface area contributed by atoms with Crippen LogP contribution in [0.2, 0.25) is 0 Å². The highest BCUT2D eigenvalue weighted by molar-refractivity contribution is 8.00. The first-order valence-electron chi connectivity index (χ1n) is 10.8. The molecule has 3 unspecified atom stereocenters. The van der Waals surface area contributed by atoms with Gasteiger partial charge in [-0.1, -0.05) is 18.7 Å². The number of anilines is 2. The van der Waals surface area contributed by atoms with Gasteiger partial charge in [0.2, 0.25) is 5.92 Å². The number of thioether (sulfide) groups is 1. The lowest BCUT2D eigenvalue weighted by molar-refractivity contribution is -0.139. The van der Waals surface area contributed by atoms with Crippen LogP contribution in [0.3, 0.4) is 0 Å². The molecule has 0 saturated heterocycles. The number of aldehydes is 1. The van der Waals surface area contributed by atoms with Crippen molar-refractivity contribution in [3.63, 3.8) is 0 Å². The Labute approximate surface area is 202 Å². The Morgan fingerprint density at radius 3 is 2.40 bits per heavy atom. The molecule has 192 valence electrons. The predicted molar refractivity (Wildman–Crippen MR) is 120 cm³/mol. The minimum atomic E-state index is -4.83. The smallest absolute Gasteiger partial charge is 0.420 e. The standard InChI is InChI=1S/C24H24F7NO2S/c1-14(12-33)13-34-20-10-21-19(9-18(20)24(29,30)31)32(17-5-3-16(25)4-6-17)11-15(22(26)35-21)7-8-23(2,27)28/h3-6,9-10,12,14-15,22H,7-8,11,13H2,1-2H3. The molecule has 0 radical (unpaired) electrons. The quantitative estimate of drug-likeness (QED) is 0.263. The van der Waals surface area contributed by atoms with Crippen LogP contribution >= 0.6 is 11.8 Å². The highest BCUT2D eigenvalue weighted by Gasteiger charge is 2.39. The van der Waals surface area contributed by atoms with Crippen molar-refractivity contribution >= 4 is 29.4 Å². The molecule has 3 atom stereocenters. The Morgan fingerprint density at radius 1 is 1.17 bits per heavy atom. The molecule has 0 N–H and O–H groups in total. The minimum absolute atomic E-state index is 0.00173. The van der Waals surface area contributed by atoms with E-state index in [9.17, 15) is 31.1 Å². The van der Waals surface area contributed by atoms with Gasteiger partial charge in [-0.05, 0) is 49.7 Å². The maximum Gasteiger partial charge on any atom is 0.420 e. The van der Waals surface area contributed by atoms with Crippen molar-refractivity contribution < 1.29 is 40.3 Å².